The molecule has 0 aromatic heterocycles. The Kier molecular flexibility index (Phi) is 3.56. The van der Waals surface area contributed by atoms with Crippen LogP contribution < -0.4 is 5.32 Å². The van der Waals surface area contributed by atoms with E-state index in [4.69, 9.17) is 0 Å². The van der Waals surface area contributed by atoms with E-state index in [-0.39, 0.29) is 5.82 Å². The van der Waals surface area contributed by atoms with Crippen molar-refractivity contribution in [3.8, 4) is 0 Å². The van der Waals surface area contributed by atoms with Crippen LogP contribution in [0.15, 0.2) is 24.3 Å². The molecule has 1 aromatic rings. The Labute approximate surface area is 96.5 Å². The number of nitrogens with one attached hydrogen (secondary N) is 1. The van der Waals surface area contributed by atoms with Crippen LogP contribution >= 0.6 is 0 Å². The summed E-state index contributed by atoms with van der Waals surface area (Å²) in [6, 6.07) is 7.82. The van der Waals surface area contributed by atoms with E-state index in [1.165, 1.54) is 24.1 Å². The molecule has 0 saturated carbocycles. The van der Waals surface area contributed by atoms with Gasteiger partial charge in [-0.05, 0) is 38.1 Å². The van der Waals surface area contributed by atoms with Crippen molar-refractivity contribution < 1.29 is 4.39 Å². The minimum atomic E-state index is -0.162. The zero-order valence-corrected chi connectivity index (χ0v) is 9.91. The molecule has 1 aliphatic heterocycles. The fraction of sp³-hybridized carbons (Fsp3) is 0.538. The highest BCUT2D eigenvalue weighted by Gasteiger charge is 2.25. The SMILES string of the molecule is CNC1CCN(C(C)c2ccc(F)cc2)C1. The molecule has 1 fully saturated rings. The van der Waals surface area contributed by atoms with Gasteiger partial charge in [0.2, 0.25) is 0 Å². The van der Waals surface area contributed by atoms with Crippen molar-refractivity contribution in [2.45, 2.75) is 25.4 Å². The first-order chi connectivity index (χ1) is 7.70. The lowest BCUT2D eigenvalue weighted by Gasteiger charge is -2.24. The standard InChI is InChI=1S/C13H19FN2/c1-10(11-3-5-12(14)6-4-11)16-8-7-13(9-16)15-2/h3-6,10,13,15H,7-9H2,1-2H3. The Morgan fingerprint density at radius 3 is 2.62 bits per heavy atom. The van der Waals surface area contributed by atoms with Gasteiger partial charge in [0.1, 0.15) is 5.82 Å². The molecule has 0 amide bonds. The number of benzene rings is 1. The number of hydrogen-bond donors (Lipinski definition) is 1. The Bertz CT molecular complexity index is 336. The molecule has 2 unspecified atom stereocenters. The van der Waals surface area contributed by atoms with Crippen molar-refractivity contribution in [2.75, 3.05) is 20.1 Å². The van der Waals surface area contributed by atoms with E-state index in [2.05, 4.69) is 17.1 Å². The van der Waals surface area contributed by atoms with Gasteiger partial charge in [0, 0.05) is 25.2 Å². The summed E-state index contributed by atoms with van der Waals surface area (Å²) >= 11 is 0. The molecule has 2 nitrogen and oxygen atoms in total. The maximum Gasteiger partial charge on any atom is 0.123 e. The molecule has 0 bridgehead atoms. The number of halogens is 1. The maximum atomic E-state index is 12.8. The van der Waals surface area contributed by atoms with Crippen molar-refractivity contribution in [1.29, 1.82) is 0 Å². The number of nitrogens with zero attached hydrogens (tertiary/aromatic N) is 1. The molecule has 1 saturated heterocycles. The van der Waals surface area contributed by atoms with Gasteiger partial charge in [-0.3, -0.25) is 4.90 Å². The second-order valence-corrected chi connectivity index (χ2v) is 4.50. The Morgan fingerprint density at radius 1 is 1.38 bits per heavy atom. The normalized spacial score (nSPS) is 23.6. The molecule has 16 heavy (non-hydrogen) atoms. The van der Waals surface area contributed by atoms with Crippen LogP contribution in [0.2, 0.25) is 0 Å². The molecule has 1 N–H and O–H groups in total. The summed E-state index contributed by atoms with van der Waals surface area (Å²) in [6.07, 6.45) is 1.20. The first-order valence-electron chi connectivity index (χ1n) is 5.87. The van der Waals surface area contributed by atoms with Crippen LogP contribution in [-0.4, -0.2) is 31.1 Å². The van der Waals surface area contributed by atoms with Crippen molar-refractivity contribution in [2.24, 2.45) is 0 Å². The Balaban J connectivity index is 2.02. The van der Waals surface area contributed by atoms with E-state index in [0.29, 0.717) is 12.1 Å². The van der Waals surface area contributed by atoms with E-state index >= 15 is 0 Å². The molecule has 2 rings (SSSR count). The minimum Gasteiger partial charge on any atom is -0.316 e. The van der Waals surface area contributed by atoms with E-state index in [0.717, 1.165) is 13.1 Å². The summed E-state index contributed by atoms with van der Waals surface area (Å²) in [7, 11) is 2.01. The van der Waals surface area contributed by atoms with Crippen LogP contribution in [0.4, 0.5) is 4.39 Å². The molecule has 1 aromatic carbocycles. The fourth-order valence-electron chi connectivity index (χ4n) is 2.33. The van der Waals surface area contributed by atoms with Gasteiger partial charge >= 0.3 is 0 Å². The van der Waals surface area contributed by atoms with Crippen LogP contribution in [0.25, 0.3) is 0 Å². The van der Waals surface area contributed by atoms with E-state index < -0.39 is 0 Å². The number of hydrogen-bond acceptors (Lipinski definition) is 2. The van der Waals surface area contributed by atoms with Crippen molar-refractivity contribution in [1.82, 2.24) is 10.2 Å². The summed E-state index contributed by atoms with van der Waals surface area (Å²) < 4.78 is 12.8. The monoisotopic (exact) mass is 222 g/mol. The van der Waals surface area contributed by atoms with Gasteiger partial charge in [0.15, 0.2) is 0 Å². The maximum absolute atomic E-state index is 12.8. The molecule has 0 radical (unpaired) electrons. The van der Waals surface area contributed by atoms with Crippen LogP contribution in [-0.2, 0) is 0 Å². The molecule has 0 spiro atoms. The molecular formula is C13H19FN2. The quantitative estimate of drug-likeness (QED) is 0.843. The van der Waals surface area contributed by atoms with Gasteiger partial charge < -0.3 is 5.32 Å². The third kappa shape index (κ3) is 2.42. The van der Waals surface area contributed by atoms with Crippen LogP contribution in [0, 0.1) is 5.82 Å². The Hall–Kier alpha value is -0.930. The summed E-state index contributed by atoms with van der Waals surface area (Å²) in [5, 5.41) is 3.31. The third-order valence-corrected chi connectivity index (χ3v) is 3.53. The van der Waals surface area contributed by atoms with E-state index in [1.807, 2.05) is 19.2 Å². The lowest BCUT2D eigenvalue weighted by molar-refractivity contribution is 0.257. The van der Waals surface area contributed by atoms with Crippen LogP contribution in [0.3, 0.4) is 0 Å². The van der Waals surface area contributed by atoms with Gasteiger partial charge in [-0.25, -0.2) is 4.39 Å². The molecule has 3 heteroatoms. The average Bonchev–Trinajstić information content (AvgIpc) is 2.77. The summed E-state index contributed by atoms with van der Waals surface area (Å²) in [4.78, 5) is 2.44. The summed E-state index contributed by atoms with van der Waals surface area (Å²) in [5.74, 6) is -0.162. The molecule has 88 valence electrons. The second kappa shape index (κ2) is 4.93. The number of likely N-dealkylation sites (tertiary alicyclic amines) is 1. The van der Waals surface area contributed by atoms with E-state index in [1.54, 1.807) is 0 Å². The van der Waals surface area contributed by atoms with Crippen molar-refractivity contribution in [3.63, 3.8) is 0 Å². The smallest absolute Gasteiger partial charge is 0.123 e. The predicted octanol–water partition coefficient (Wildman–Crippen LogP) is 2.18. The number of rotatable bonds is 3. The van der Waals surface area contributed by atoms with Crippen LogP contribution in [0.5, 0.6) is 0 Å². The Morgan fingerprint density at radius 2 is 2.06 bits per heavy atom. The first-order valence-corrected chi connectivity index (χ1v) is 5.87. The highest BCUT2D eigenvalue weighted by molar-refractivity contribution is 5.19. The molecule has 1 heterocycles. The predicted molar refractivity (Wildman–Crippen MR) is 63.9 cm³/mol. The van der Waals surface area contributed by atoms with Crippen molar-refractivity contribution >= 4 is 0 Å². The molecule has 2 atom stereocenters. The average molecular weight is 222 g/mol. The van der Waals surface area contributed by atoms with Crippen molar-refractivity contribution in [3.05, 3.63) is 35.6 Å². The second-order valence-electron chi connectivity index (χ2n) is 4.50. The highest BCUT2D eigenvalue weighted by Crippen LogP contribution is 2.24. The number of likely N-dealkylation sites (N-methyl/N-ethyl adjacent to an activating group) is 1. The molecule has 0 aliphatic carbocycles. The zero-order valence-electron chi connectivity index (χ0n) is 9.91. The van der Waals surface area contributed by atoms with Crippen LogP contribution in [0.1, 0.15) is 24.9 Å². The van der Waals surface area contributed by atoms with Gasteiger partial charge in [-0.15, -0.1) is 0 Å². The molecule has 1 aliphatic rings. The zero-order chi connectivity index (χ0) is 11.5. The minimum absolute atomic E-state index is 0.162. The summed E-state index contributed by atoms with van der Waals surface area (Å²) in [5.41, 5.74) is 1.19. The van der Waals surface area contributed by atoms with Gasteiger partial charge in [0.05, 0.1) is 0 Å². The van der Waals surface area contributed by atoms with Gasteiger partial charge in [-0.1, -0.05) is 12.1 Å². The lowest BCUT2D eigenvalue weighted by Crippen LogP contribution is -2.31. The first kappa shape index (κ1) is 11.6. The fourth-order valence-corrected chi connectivity index (χ4v) is 2.33. The summed E-state index contributed by atoms with van der Waals surface area (Å²) in [6.45, 7) is 4.38. The van der Waals surface area contributed by atoms with Gasteiger partial charge in [0.25, 0.3) is 0 Å². The highest BCUT2D eigenvalue weighted by atomic mass is 19.1. The largest absolute Gasteiger partial charge is 0.316 e. The van der Waals surface area contributed by atoms with Gasteiger partial charge in [-0.2, -0.15) is 0 Å². The molecular weight excluding hydrogens is 203 g/mol. The lowest BCUT2D eigenvalue weighted by atomic mass is 10.1. The topological polar surface area (TPSA) is 15.3 Å². The third-order valence-electron chi connectivity index (χ3n) is 3.53. The van der Waals surface area contributed by atoms with E-state index in [9.17, 15) is 4.39 Å².